The summed E-state index contributed by atoms with van der Waals surface area (Å²) in [5, 5.41) is 3.69. The lowest BCUT2D eigenvalue weighted by atomic mass is 9.98. The number of nitrogens with one attached hydrogen (secondary N) is 1. The summed E-state index contributed by atoms with van der Waals surface area (Å²) in [5.74, 6) is 1.31. The third-order valence-corrected chi connectivity index (χ3v) is 7.56. The van der Waals surface area contributed by atoms with Crippen LogP contribution in [0.3, 0.4) is 0 Å². The van der Waals surface area contributed by atoms with Gasteiger partial charge in [0.05, 0.1) is 38.8 Å². The molecule has 2 aromatic carbocycles. The number of benzene rings is 2. The van der Waals surface area contributed by atoms with Gasteiger partial charge in [0.25, 0.3) is 5.91 Å². The van der Waals surface area contributed by atoms with E-state index >= 15 is 0 Å². The lowest BCUT2D eigenvalue weighted by Gasteiger charge is -2.15. The summed E-state index contributed by atoms with van der Waals surface area (Å²) in [5.41, 5.74) is 10.4. The smallest absolute Gasteiger partial charge is 0.263 e. The molecule has 8 nitrogen and oxygen atoms in total. The van der Waals surface area contributed by atoms with Gasteiger partial charge in [0.1, 0.15) is 9.71 Å². The number of anilines is 1. The number of carbonyl (C=O) groups is 1. The van der Waals surface area contributed by atoms with Gasteiger partial charge in [-0.2, -0.15) is 0 Å². The van der Waals surface area contributed by atoms with Gasteiger partial charge in [0, 0.05) is 24.1 Å². The molecular formula is C28H29N3O5S. The molecule has 2 aromatic heterocycles. The molecule has 1 aliphatic rings. The third-order valence-electron chi connectivity index (χ3n) is 6.46. The van der Waals surface area contributed by atoms with E-state index in [0.717, 1.165) is 41.8 Å². The van der Waals surface area contributed by atoms with Crippen LogP contribution < -0.4 is 25.3 Å². The number of fused-ring (bicyclic) bond motifs is 1. The summed E-state index contributed by atoms with van der Waals surface area (Å²) >= 11 is 1.28. The topological polar surface area (TPSA) is 105 Å². The summed E-state index contributed by atoms with van der Waals surface area (Å²) in [4.78, 5) is 19.2. The van der Waals surface area contributed by atoms with Gasteiger partial charge in [-0.05, 0) is 42.2 Å². The zero-order valence-electron chi connectivity index (χ0n) is 21.0. The maximum Gasteiger partial charge on any atom is 0.263 e. The second-order valence-corrected chi connectivity index (χ2v) is 9.70. The van der Waals surface area contributed by atoms with Crippen molar-refractivity contribution in [2.75, 3.05) is 40.2 Å². The van der Waals surface area contributed by atoms with Crippen molar-refractivity contribution in [1.29, 1.82) is 0 Å². The van der Waals surface area contributed by atoms with Gasteiger partial charge >= 0.3 is 0 Å². The van der Waals surface area contributed by atoms with E-state index in [2.05, 4.69) is 5.32 Å². The van der Waals surface area contributed by atoms with E-state index in [0.29, 0.717) is 44.6 Å². The zero-order valence-corrected chi connectivity index (χ0v) is 21.8. The minimum absolute atomic E-state index is 0.0390. The highest BCUT2D eigenvalue weighted by molar-refractivity contribution is 7.21. The van der Waals surface area contributed by atoms with Crippen LogP contribution in [0.25, 0.3) is 32.6 Å². The minimum Gasteiger partial charge on any atom is -0.493 e. The van der Waals surface area contributed by atoms with Gasteiger partial charge in [0.2, 0.25) is 5.75 Å². The summed E-state index contributed by atoms with van der Waals surface area (Å²) < 4.78 is 22.3. The molecule has 0 saturated carbocycles. The standard InChI is InChI=1S/C28H29N3O5S/c1-33-21-12-17(13-22(34-2)25(21)35-3)19-14-20(16-8-5-4-6-9-16)31-28-23(19)24(29)26(37-28)27(32)30-15-18-10-7-11-36-18/h4-6,8-9,12-14,18H,7,10-11,15,29H2,1-3H3,(H,30,32). The Morgan fingerprint density at radius 1 is 1.08 bits per heavy atom. The molecule has 1 unspecified atom stereocenters. The maximum absolute atomic E-state index is 13.2. The molecule has 1 fully saturated rings. The predicted molar refractivity (Wildman–Crippen MR) is 146 cm³/mol. The van der Waals surface area contributed by atoms with Gasteiger partial charge in [-0.3, -0.25) is 4.79 Å². The number of hydrogen-bond donors (Lipinski definition) is 2. The molecule has 0 aliphatic carbocycles. The van der Waals surface area contributed by atoms with E-state index in [9.17, 15) is 4.79 Å². The number of carbonyl (C=O) groups excluding carboxylic acids is 1. The minimum atomic E-state index is -0.229. The molecule has 9 heteroatoms. The van der Waals surface area contributed by atoms with Crippen molar-refractivity contribution >= 4 is 33.1 Å². The fraction of sp³-hybridized carbons (Fsp3) is 0.286. The summed E-state index contributed by atoms with van der Waals surface area (Å²) in [6.45, 7) is 1.19. The second kappa shape index (κ2) is 10.7. The molecule has 0 radical (unpaired) electrons. The van der Waals surface area contributed by atoms with Gasteiger partial charge in [-0.25, -0.2) is 4.98 Å². The Morgan fingerprint density at radius 2 is 1.81 bits per heavy atom. The van der Waals surface area contributed by atoms with Crippen molar-refractivity contribution in [3.05, 3.63) is 53.4 Å². The fourth-order valence-electron chi connectivity index (χ4n) is 4.60. The van der Waals surface area contributed by atoms with Gasteiger partial charge in [-0.1, -0.05) is 30.3 Å². The first-order valence-corrected chi connectivity index (χ1v) is 12.8. The number of amides is 1. The van der Waals surface area contributed by atoms with Crippen LogP contribution in [-0.2, 0) is 4.74 Å². The highest BCUT2D eigenvalue weighted by Gasteiger charge is 2.24. The maximum atomic E-state index is 13.2. The van der Waals surface area contributed by atoms with Crippen LogP contribution in [-0.4, -0.2) is 51.5 Å². The first-order valence-electron chi connectivity index (χ1n) is 12.0. The van der Waals surface area contributed by atoms with Crippen LogP contribution in [0, 0.1) is 0 Å². The molecule has 0 bridgehead atoms. The molecule has 1 atom stereocenters. The summed E-state index contributed by atoms with van der Waals surface area (Å²) in [7, 11) is 4.72. The second-order valence-electron chi connectivity index (χ2n) is 8.71. The Kier molecular flexibility index (Phi) is 7.16. The average molecular weight is 520 g/mol. The Balaban J connectivity index is 1.67. The Morgan fingerprint density at radius 3 is 2.43 bits per heavy atom. The quantitative estimate of drug-likeness (QED) is 0.332. The van der Waals surface area contributed by atoms with Gasteiger partial charge in [0.15, 0.2) is 11.5 Å². The number of methoxy groups -OCH3 is 3. The number of ether oxygens (including phenoxy) is 4. The Labute approximate surface area is 219 Å². The first kappa shape index (κ1) is 24.9. The van der Waals surface area contributed by atoms with Crippen LogP contribution in [0.2, 0.25) is 0 Å². The molecule has 3 N–H and O–H groups in total. The van der Waals surface area contributed by atoms with Crippen molar-refractivity contribution in [3.63, 3.8) is 0 Å². The number of nitrogens with two attached hydrogens (primary N) is 1. The SMILES string of the molecule is COc1cc(-c2cc(-c3ccccc3)nc3sc(C(=O)NCC4CCCO4)c(N)c23)cc(OC)c1OC. The van der Waals surface area contributed by atoms with Crippen LogP contribution in [0.15, 0.2) is 48.5 Å². The van der Waals surface area contributed by atoms with E-state index in [1.807, 2.05) is 48.5 Å². The number of thiophene rings is 1. The van der Waals surface area contributed by atoms with Gasteiger partial charge < -0.3 is 30.0 Å². The molecule has 5 rings (SSSR count). The summed E-state index contributed by atoms with van der Waals surface area (Å²) in [6.07, 6.45) is 1.99. The van der Waals surface area contributed by atoms with Crippen molar-refractivity contribution in [2.24, 2.45) is 0 Å². The summed E-state index contributed by atoms with van der Waals surface area (Å²) in [6, 6.07) is 15.6. The lowest BCUT2D eigenvalue weighted by Crippen LogP contribution is -2.31. The van der Waals surface area contributed by atoms with Crippen molar-refractivity contribution in [1.82, 2.24) is 10.3 Å². The molecule has 3 heterocycles. The van der Waals surface area contributed by atoms with Gasteiger partial charge in [-0.15, -0.1) is 11.3 Å². The van der Waals surface area contributed by atoms with Crippen LogP contribution in [0.1, 0.15) is 22.5 Å². The lowest BCUT2D eigenvalue weighted by molar-refractivity contribution is 0.0862. The number of pyridine rings is 1. The highest BCUT2D eigenvalue weighted by atomic mass is 32.1. The molecule has 37 heavy (non-hydrogen) atoms. The molecule has 1 aliphatic heterocycles. The van der Waals surface area contributed by atoms with E-state index in [-0.39, 0.29) is 12.0 Å². The van der Waals surface area contributed by atoms with E-state index < -0.39 is 0 Å². The Hall–Kier alpha value is -3.82. The molecule has 1 amide bonds. The fourth-order valence-corrected chi connectivity index (χ4v) is 5.64. The molecule has 192 valence electrons. The van der Waals surface area contributed by atoms with E-state index in [1.165, 1.54) is 11.3 Å². The normalized spacial score (nSPS) is 15.1. The first-order chi connectivity index (χ1) is 18.0. The number of aromatic nitrogens is 1. The van der Waals surface area contributed by atoms with Crippen molar-refractivity contribution in [2.45, 2.75) is 18.9 Å². The van der Waals surface area contributed by atoms with Crippen LogP contribution >= 0.6 is 11.3 Å². The average Bonchev–Trinajstić information content (AvgIpc) is 3.58. The molecular weight excluding hydrogens is 490 g/mol. The van der Waals surface area contributed by atoms with Crippen LogP contribution in [0.4, 0.5) is 5.69 Å². The third kappa shape index (κ3) is 4.80. The van der Waals surface area contributed by atoms with Crippen molar-refractivity contribution in [3.8, 4) is 39.6 Å². The number of nitrogen functional groups attached to an aromatic ring is 1. The highest BCUT2D eigenvalue weighted by Crippen LogP contribution is 2.46. The largest absolute Gasteiger partial charge is 0.493 e. The molecule has 4 aromatic rings. The molecule has 0 spiro atoms. The number of rotatable bonds is 8. The predicted octanol–water partition coefficient (Wildman–Crippen LogP) is 5.15. The Bertz CT molecular complexity index is 1410. The zero-order chi connectivity index (χ0) is 25.9. The number of hydrogen-bond acceptors (Lipinski definition) is 8. The van der Waals surface area contributed by atoms with Crippen LogP contribution in [0.5, 0.6) is 17.2 Å². The van der Waals surface area contributed by atoms with Crippen molar-refractivity contribution < 1.29 is 23.7 Å². The monoisotopic (exact) mass is 519 g/mol. The van der Waals surface area contributed by atoms with E-state index in [1.54, 1.807) is 21.3 Å². The molecule has 1 saturated heterocycles. The number of nitrogens with zero attached hydrogens (tertiary/aromatic N) is 1. The van der Waals surface area contributed by atoms with E-state index in [4.69, 9.17) is 29.7 Å².